The van der Waals surface area contributed by atoms with Gasteiger partial charge in [0.1, 0.15) is 18.2 Å². The summed E-state index contributed by atoms with van der Waals surface area (Å²) in [5.41, 5.74) is 5.41. The minimum Gasteiger partial charge on any atom is -0.454 e. The molecule has 120 valence electrons. The predicted octanol–water partition coefficient (Wildman–Crippen LogP) is 2.70. The SMILES string of the molecule is NCCC(CC(=O)c1cccnc1C1OC=CO1)C(F)(F)F. The highest BCUT2D eigenvalue weighted by Crippen LogP contribution is 2.33. The number of carbonyl (C=O) groups excluding carboxylic acids is 1. The number of aromatic nitrogens is 1. The summed E-state index contributed by atoms with van der Waals surface area (Å²) < 4.78 is 48.9. The van der Waals surface area contributed by atoms with Crippen LogP contribution >= 0.6 is 0 Å². The fraction of sp³-hybridized carbons (Fsp3) is 0.429. The summed E-state index contributed by atoms with van der Waals surface area (Å²) in [5.74, 6) is -2.44. The van der Waals surface area contributed by atoms with Gasteiger partial charge in [0.25, 0.3) is 6.29 Å². The first kappa shape index (κ1) is 16.3. The lowest BCUT2D eigenvalue weighted by Crippen LogP contribution is -2.28. The van der Waals surface area contributed by atoms with E-state index in [1.165, 1.54) is 30.9 Å². The molecule has 0 saturated heterocycles. The molecule has 0 fully saturated rings. The molecule has 0 bridgehead atoms. The number of rotatable bonds is 6. The van der Waals surface area contributed by atoms with Crippen LogP contribution in [0.4, 0.5) is 13.2 Å². The number of carbonyl (C=O) groups is 1. The molecule has 0 aromatic carbocycles. The van der Waals surface area contributed by atoms with Gasteiger partial charge in [-0.3, -0.25) is 9.78 Å². The molecular formula is C14H15F3N2O3. The Bertz CT molecular complexity index is 553. The summed E-state index contributed by atoms with van der Waals surface area (Å²) in [6, 6.07) is 2.89. The Morgan fingerprint density at radius 2 is 2.05 bits per heavy atom. The number of ketones is 1. The lowest BCUT2D eigenvalue weighted by Gasteiger charge is -2.20. The fourth-order valence-corrected chi connectivity index (χ4v) is 2.13. The molecule has 1 aliphatic rings. The maximum Gasteiger partial charge on any atom is 0.392 e. The number of pyridine rings is 1. The molecule has 1 aromatic rings. The third-order valence-electron chi connectivity index (χ3n) is 3.23. The summed E-state index contributed by atoms with van der Waals surface area (Å²) in [5, 5.41) is 0. The van der Waals surface area contributed by atoms with Crippen LogP contribution in [-0.4, -0.2) is 23.5 Å². The van der Waals surface area contributed by atoms with E-state index in [2.05, 4.69) is 4.98 Å². The van der Waals surface area contributed by atoms with E-state index in [0.717, 1.165) is 0 Å². The molecular weight excluding hydrogens is 301 g/mol. The molecule has 2 heterocycles. The molecule has 8 heteroatoms. The van der Waals surface area contributed by atoms with Gasteiger partial charge in [0.2, 0.25) is 0 Å². The molecule has 1 unspecified atom stereocenters. The van der Waals surface area contributed by atoms with Crippen LogP contribution < -0.4 is 5.73 Å². The first-order valence-corrected chi connectivity index (χ1v) is 6.64. The lowest BCUT2D eigenvalue weighted by atomic mass is 9.94. The number of Topliss-reactive ketones (excluding diaryl/α,β-unsaturated/α-hetero) is 1. The Morgan fingerprint density at radius 1 is 1.36 bits per heavy atom. The molecule has 22 heavy (non-hydrogen) atoms. The van der Waals surface area contributed by atoms with E-state index in [1.54, 1.807) is 0 Å². The highest BCUT2D eigenvalue weighted by atomic mass is 19.4. The van der Waals surface area contributed by atoms with Crippen LogP contribution in [0.25, 0.3) is 0 Å². The van der Waals surface area contributed by atoms with E-state index in [1.807, 2.05) is 0 Å². The van der Waals surface area contributed by atoms with Gasteiger partial charge >= 0.3 is 6.18 Å². The topological polar surface area (TPSA) is 74.4 Å². The van der Waals surface area contributed by atoms with Crippen molar-refractivity contribution >= 4 is 5.78 Å². The van der Waals surface area contributed by atoms with Gasteiger partial charge in [-0.05, 0) is 25.1 Å². The predicted molar refractivity (Wildman–Crippen MR) is 70.5 cm³/mol. The van der Waals surface area contributed by atoms with E-state index in [4.69, 9.17) is 15.2 Å². The first-order chi connectivity index (χ1) is 10.4. The highest BCUT2D eigenvalue weighted by Gasteiger charge is 2.40. The number of nitrogens with zero attached hydrogens (tertiary/aromatic N) is 1. The smallest absolute Gasteiger partial charge is 0.392 e. The highest BCUT2D eigenvalue weighted by molar-refractivity contribution is 5.97. The third-order valence-corrected chi connectivity index (χ3v) is 3.23. The van der Waals surface area contributed by atoms with Crippen LogP contribution in [0.15, 0.2) is 30.9 Å². The van der Waals surface area contributed by atoms with Crippen molar-refractivity contribution in [3.63, 3.8) is 0 Å². The second-order valence-corrected chi connectivity index (χ2v) is 4.76. The standard InChI is InChI=1S/C14H15F3N2O3/c15-14(16,17)9(3-4-18)8-11(20)10-2-1-5-19-12(10)13-21-6-7-22-13/h1-2,5-7,9,13H,3-4,8,18H2. The third kappa shape index (κ3) is 3.76. The molecule has 5 nitrogen and oxygen atoms in total. The van der Waals surface area contributed by atoms with Gasteiger partial charge in [0.15, 0.2) is 5.78 Å². The molecule has 0 spiro atoms. The van der Waals surface area contributed by atoms with E-state index < -0.39 is 30.6 Å². The quantitative estimate of drug-likeness (QED) is 0.817. The van der Waals surface area contributed by atoms with Crippen molar-refractivity contribution in [3.8, 4) is 0 Å². The lowest BCUT2D eigenvalue weighted by molar-refractivity contribution is -0.174. The number of ether oxygens (including phenoxy) is 2. The van der Waals surface area contributed by atoms with Crippen molar-refractivity contribution in [1.29, 1.82) is 0 Å². The monoisotopic (exact) mass is 316 g/mol. The molecule has 1 aliphatic heterocycles. The number of halogens is 3. The van der Waals surface area contributed by atoms with Gasteiger partial charge in [-0.15, -0.1) is 0 Å². The van der Waals surface area contributed by atoms with Gasteiger partial charge < -0.3 is 15.2 Å². The van der Waals surface area contributed by atoms with Gasteiger partial charge in [-0.1, -0.05) is 0 Å². The molecule has 2 rings (SSSR count). The number of hydrogen-bond donors (Lipinski definition) is 1. The Labute approximate surface area is 124 Å². The molecule has 1 aromatic heterocycles. The van der Waals surface area contributed by atoms with Gasteiger partial charge in [-0.2, -0.15) is 13.2 Å². The maximum atomic E-state index is 12.9. The minimum absolute atomic E-state index is 0.0578. The van der Waals surface area contributed by atoms with Gasteiger partial charge in [-0.25, -0.2) is 0 Å². The molecule has 2 N–H and O–H groups in total. The fourth-order valence-electron chi connectivity index (χ4n) is 2.13. The van der Waals surface area contributed by atoms with Crippen molar-refractivity contribution in [2.45, 2.75) is 25.3 Å². The van der Waals surface area contributed by atoms with E-state index in [0.29, 0.717) is 0 Å². The summed E-state index contributed by atoms with van der Waals surface area (Å²) in [6.45, 7) is -0.143. The number of hydrogen-bond acceptors (Lipinski definition) is 5. The van der Waals surface area contributed by atoms with Crippen LogP contribution in [0, 0.1) is 5.92 Å². The average molecular weight is 316 g/mol. The molecule has 0 aliphatic carbocycles. The summed E-state index contributed by atoms with van der Waals surface area (Å²) in [6.07, 6.45) is -2.40. The van der Waals surface area contributed by atoms with Crippen molar-refractivity contribution in [2.75, 3.05) is 6.54 Å². The van der Waals surface area contributed by atoms with Crippen LogP contribution in [0.2, 0.25) is 0 Å². The first-order valence-electron chi connectivity index (χ1n) is 6.64. The molecule has 0 radical (unpaired) electrons. The zero-order chi connectivity index (χ0) is 16.2. The van der Waals surface area contributed by atoms with Crippen molar-refractivity contribution < 1.29 is 27.4 Å². The zero-order valence-corrected chi connectivity index (χ0v) is 11.5. The Hall–Kier alpha value is -2.09. The molecule has 0 amide bonds. The summed E-state index contributed by atoms with van der Waals surface area (Å²) >= 11 is 0. The van der Waals surface area contributed by atoms with Crippen LogP contribution in [-0.2, 0) is 9.47 Å². The average Bonchev–Trinajstić information content (AvgIpc) is 3.00. The Balaban J connectivity index is 2.18. The number of alkyl halides is 3. The zero-order valence-electron chi connectivity index (χ0n) is 11.5. The van der Waals surface area contributed by atoms with Gasteiger partial charge in [0, 0.05) is 18.2 Å². The summed E-state index contributed by atoms with van der Waals surface area (Å²) in [7, 11) is 0. The van der Waals surface area contributed by atoms with Crippen LogP contribution in [0.5, 0.6) is 0 Å². The van der Waals surface area contributed by atoms with Crippen molar-refractivity contribution in [1.82, 2.24) is 4.98 Å². The second kappa shape index (κ2) is 6.78. The van der Waals surface area contributed by atoms with E-state index in [-0.39, 0.29) is 24.2 Å². The second-order valence-electron chi connectivity index (χ2n) is 4.76. The Kier molecular flexibility index (Phi) is 5.02. The summed E-state index contributed by atoms with van der Waals surface area (Å²) in [4.78, 5) is 16.2. The van der Waals surface area contributed by atoms with E-state index in [9.17, 15) is 18.0 Å². The van der Waals surface area contributed by atoms with Crippen LogP contribution in [0.1, 0.15) is 35.2 Å². The van der Waals surface area contributed by atoms with Crippen molar-refractivity contribution in [2.24, 2.45) is 11.7 Å². The van der Waals surface area contributed by atoms with Crippen molar-refractivity contribution in [3.05, 3.63) is 42.1 Å². The maximum absolute atomic E-state index is 12.9. The number of nitrogens with two attached hydrogens (primary N) is 1. The van der Waals surface area contributed by atoms with E-state index >= 15 is 0 Å². The largest absolute Gasteiger partial charge is 0.454 e. The minimum atomic E-state index is -4.47. The van der Waals surface area contributed by atoms with Crippen LogP contribution in [0.3, 0.4) is 0 Å². The van der Waals surface area contributed by atoms with Gasteiger partial charge in [0.05, 0.1) is 5.92 Å². The Morgan fingerprint density at radius 3 is 2.64 bits per heavy atom. The molecule has 1 atom stereocenters. The molecule has 0 saturated carbocycles. The normalized spacial score (nSPS) is 16.2.